The third-order valence-electron chi connectivity index (χ3n) is 3.92. The first-order valence-electron chi connectivity index (χ1n) is 8.41. The molecule has 3 aromatic rings. The van der Waals surface area contributed by atoms with Gasteiger partial charge in [-0.15, -0.1) is 11.3 Å². The van der Waals surface area contributed by atoms with Crippen LogP contribution in [0.3, 0.4) is 0 Å². The van der Waals surface area contributed by atoms with E-state index in [9.17, 15) is 4.79 Å². The highest BCUT2D eigenvalue weighted by Gasteiger charge is 2.24. The minimum absolute atomic E-state index is 0.277. The van der Waals surface area contributed by atoms with Crippen LogP contribution < -0.4 is 0 Å². The molecule has 0 N–H and O–H groups in total. The summed E-state index contributed by atoms with van der Waals surface area (Å²) in [5, 5.41) is 5.51. The van der Waals surface area contributed by atoms with E-state index >= 15 is 0 Å². The number of thiophene rings is 1. The number of halogens is 2. The van der Waals surface area contributed by atoms with Crippen molar-refractivity contribution in [3.63, 3.8) is 0 Å². The molecule has 0 amide bonds. The van der Waals surface area contributed by atoms with Crippen LogP contribution in [0.25, 0.3) is 22.3 Å². The van der Waals surface area contributed by atoms with Crippen LogP contribution in [0.1, 0.15) is 34.8 Å². The van der Waals surface area contributed by atoms with Gasteiger partial charge in [0.05, 0.1) is 27.9 Å². The SMILES string of the molecule is C/C=C/c1ccc(-c2c(C)c(C(=O)OCC)nn2-c2ccc(Cl)cc2Cl)s1. The zero-order valence-corrected chi connectivity index (χ0v) is 17.5. The van der Waals surface area contributed by atoms with E-state index < -0.39 is 5.97 Å². The Labute approximate surface area is 172 Å². The Morgan fingerprint density at radius 3 is 2.74 bits per heavy atom. The van der Waals surface area contributed by atoms with Crippen molar-refractivity contribution in [1.82, 2.24) is 9.78 Å². The van der Waals surface area contributed by atoms with E-state index in [1.54, 1.807) is 41.1 Å². The summed E-state index contributed by atoms with van der Waals surface area (Å²) in [5.74, 6) is -0.453. The van der Waals surface area contributed by atoms with Crippen molar-refractivity contribution < 1.29 is 9.53 Å². The van der Waals surface area contributed by atoms with Gasteiger partial charge < -0.3 is 4.74 Å². The van der Waals surface area contributed by atoms with Gasteiger partial charge in [0, 0.05) is 15.5 Å². The zero-order valence-electron chi connectivity index (χ0n) is 15.1. The first kappa shape index (κ1) is 19.7. The van der Waals surface area contributed by atoms with Crippen molar-refractivity contribution in [2.75, 3.05) is 6.61 Å². The predicted octanol–water partition coefficient (Wildman–Crippen LogP) is 6.43. The van der Waals surface area contributed by atoms with Gasteiger partial charge in [-0.1, -0.05) is 29.3 Å². The van der Waals surface area contributed by atoms with Crippen LogP contribution in [0.2, 0.25) is 10.0 Å². The van der Waals surface area contributed by atoms with E-state index in [4.69, 9.17) is 27.9 Å². The number of nitrogens with zero attached hydrogens (tertiary/aromatic N) is 2. The van der Waals surface area contributed by atoms with Gasteiger partial charge in [-0.3, -0.25) is 0 Å². The quantitative estimate of drug-likeness (QED) is 0.446. The van der Waals surface area contributed by atoms with Crippen LogP contribution in [0.15, 0.2) is 36.4 Å². The molecule has 3 rings (SSSR count). The molecule has 0 radical (unpaired) electrons. The van der Waals surface area contributed by atoms with Gasteiger partial charge in [0.15, 0.2) is 5.69 Å². The molecule has 4 nitrogen and oxygen atoms in total. The Hall–Kier alpha value is -2.08. The van der Waals surface area contributed by atoms with E-state index in [0.29, 0.717) is 15.7 Å². The second-order valence-electron chi connectivity index (χ2n) is 5.75. The number of ether oxygens (including phenoxy) is 1. The summed E-state index contributed by atoms with van der Waals surface area (Å²) in [5.41, 5.74) is 2.48. The van der Waals surface area contributed by atoms with Gasteiger partial charge in [0.25, 0.3) is 0 Å². The minimum Gasteiger partial charge on any atom is -0.461 e. The summed E-state index contributed by atoms with van der Waals surface area (Å²) in [7, 11) is 0. The molecular weight excluding hydrogens is 403 g/mol. The van der Waals surface area contributed by atoms with Crippen molar-refractivity contribution >= 4 is 46.6 Å². The number of hydrogen-bond donors (Lipinski definition) is 0. The molecular formula is C20H18Cl2N2O2S. The monoisotopic (exact) mass is 420 g/mol. The van der Waals surface area contributed by atoms with Crippen LogP contribution in [0.4, 0.5) is 0 Å². The van der Waals surface area contributed by atoms with Crippen molar-refractivity contribution in [2.45, 2.75) is 20.8 Å². The molecule has 1 aromatic carbocycles. The predicted molar refractivity (Wildman–Crippen MR) is 112 cm³/mol. The molecule has 0 saturated heterocycles. The maximum Gasteiger partial charge on any atom is 0.359 e. The summed E-state index contributed by atoms with van der Waals surface area (Å²) >= 11 is 14.1. The number of aromatic nitrogens is 2. The van der Waals surface area contributed by atoms with Crippen molar-refractivity contribution in [3.8, 4) is 16.3 Å². The van der Waals surface area contributed by atoms with E-state index in [0.717, 1.165) is 21.0 Å². The Kier molecular flexibility index (Phi) is 6.05. The van der Waals surface area contributed by atoms with Crippen LogP contribution in [-0.4, -0.2) is 22.4 Å². The molecule has 0 unspecified atom stereocenters. The zero-order chi connectivity index (χ0) is 19.6. The van der Waals surface area contributed by atoms with E-state index in [2.05, 4.69) is 5.10 Å². The maximum atomic E-state index is 12.4. The molecule has 0 fully saturated rings. The lowest BCUT2D eigenvalue weighted by Crippen LogP contribution is -2.07. The Morgan fingerprint density at radius 1 is 1.30 bits per heavy atom. The molecule has 0 aliphatic rings. The maximum absolute atomic E-state index is 12.4. The molecule has 0 aliphatic heterocycles. The van der Waals surface area contributed by atoms with Crippen molar-refractivity contribution in [3.05, 3.63) is 62.6 Å². The lowest BCUT2D eigenvalue weighted by molar-refractivity contribution is 0.0518. The van der Waals surface area contributed by atoms with E-state index in [1.165, 1.54) is 0 Å². The number of rotatable bonds is 5. The molecule has 0 bridgehead atoms. The molecule has 7 heteroatoms. The Bertz CT molecular complexity index is 1020. The molecule has 0 spiro atoms. The highest BCUT2D eigenvalue weighted by atomic mass is 35.5. The lowest BCUT2D eigenvalue weighted by atomic mass is 10.1. The van der Waals surface area contributed by atoms with Gasteiger partial charge in [-0.05, 0) is 57.2 Å². The number of carbonyl (C=O) groups excluding carboxylic acids is 1. The van der Waals surface area contributed by atoms with Gasteiger partial charge in [0.1, 0.15) is 0 Å². The van der Waals surface area contributed by atoms with Gasteiger partial charge in [0.2, 0.25) is 0 Å². The second-order valence-corrected chi connectivity index (χ2v) is 7.71. The van der Waals surface area contributed by atoms with Gasteiger partial charge in [-0.2, -0.15) is 5.10 Å². The normalized spacial score (nSPS) is 11.3. The summed E-state index contributed by atoms with van der Waals surface area (Å²) in [4.78, 5) is 14.5. The van der Waals surface area contributed by atoms with E-state index in [-0.39, 0.29) is 12.3 Å². The van der Waals surface area contributed by atoms with Crippen LogP contribution in [0, 0.1) is 6.92 Å². The van der Waals surface area contributed by atoms with Crippen LogP contribution in [-0.2, 0) is 4.74 Å². The molecule has 0 aliphatic carbocycles. The number of allylic oxidation sites excluding steroid dienone is 1. The minimum atomic E-state index is -0.453. The molecule has 0 saturated carbocycles. The van der Waals surface area contributed by atoms with Crippen molar-refractivity contribution in [1.29, 1.82) is 0 Å². The Balaban J connectivity index is 2.23. The fraction of sp³-hybridized carbons (Fsp3) is 0.200. The van der Waals surface area contributed by atoms with E-state index in [1.807, 2.05) is 38.1 Å². The largest absolute Gasteiger partial charge is 0.461 e. The second kappa shape index (κ2) is 8.30. The Morgan fingerprint density at radius 2 is 2.07 bits per heavy atom. The lowest BCUT2D eigenvalue weighted by Gasteiger charge is -2.09. The summed E-state index contributed by atoms with van der Waals surface area (Å²) in [6.45, 7) is 5.89. The molecule has 2 aromatic heterocycles. The first-order chi connectivity index (χ1) is 13.0. The molecule has 0 atom stereocenters. The van der Waals surface area contributed by atoms with Gasteiger partial charge in [-0.25, -0.2) is 9.48 Å². The average Bonchev–Trinajstić information content (AvgIpc) is 3.20. The number of carbonyl (C=O) groups is 1. The third-order valence-corrected chi connectivity index (χ3v) is 5.52. The molecule has 27 heavy (non-hydrogen) atoms. The van der Waals surface area contributed by atoms with Gasteiger partial charge >= 0.3 is 5.97 Å². The number of esters is 1. The van der Waals surface area contributed by atoms with Crippen LogP contribution in [0.5, 0.6) is 0 Å². The van der Waals surface area contributed by atoms with Crippen molar-refractivity contribution in [2.24, 2.45) is 0 Å². The number of hydrogen-bond acceptors (Lipinski definition) is 4. The number of benzene rings is 1. The fourth-order valence-electron chi connectivity index (χ4n) is 2.74. The topological polar surface area (TPSA) is 44.1 Å². The highest BCUT2D eigenvalue weighted by molar-refractivity contribution is 7.16. The molecule has 140 valence electrons. The van der Waals surface area contributed by atoms with Crippen LogP contribution >= 0.6 is 34.5 Å². The average molecular weight is 421 g/mol. The summed E-state index contributed by atoms with van der Waals surface area (Å²) in [6.07, 6.45) is 4.02. The summed E-state index contributed by atoms with van der Waals surface area (Å²) < 4.78 is 6.85. The fourth-order valence-corrected chi connectivity index (χ4v) is 4.29. The standard InChI is InChI=1S/C20H18Cl2N2O2S/c1-4-6-14-8-10-17(27-14)19-12(3)18(20(25)26-5-2)23-24(19)16-9-7-13(21)11-15(16)22/h4,6-11H,5H2,1-3H3/b6-4+. The third kappa shape index (κ3) is 3.95. The summed E-state index contributed by atoms with van der Waals surface area (Å²) in [6, 6.07) is 9.23. The highest BCUT2D eigenvalue weighted by Crippen LogP contribution is 2.36. The first-order valence-corrected chi connectivity index (χ1v) is 9.98. The smallest absolute Gasteiger partial charge is 0.359 e. The molecule has 2 heterocycles.